The summed E-state index contributed by atoms with van der Waals surface area (Å²) in [6, 6.07) is 7.69. The number of aromatic nitrogens is 3. The van der Waals surface area contributed by atoms with E-state index in [1.807, 2.05) is 56.6 Å². The summed E-state index contributed by atoms with van der Waals surface area (Å²) in [7, 11) is 0. The van der Waals surface area contributed by atoms with Crippen molar-refractivity contribution >= 4 is 16.8 Å². The van der Waals surface area contributed by atoms with Gasteiger partial charge in [0.2, 0.25) is 0 Å². The minimum absolute atomic E-state index is 0.0818. The summed E-state index contributed by atoms with van der Waals surface area (Å²) in [5.74, 6) is -0.0818. The Balaban J connectivity index is 1.97. The zero-order valence-corrected chi connectivity index (χ0v) is 16.3. The van der Waals surface area contributed by atoms with Crippen LogP contribution in [0.3, 0.4) is 0 Å². The highest BCUT2D eigenvalue weighted by Crippen LogP contribution is 2.24. The van der Waals surface area contributed by atoms with Gasteiger partial charge in [-0.25, -0.2) is 0 Å². The maximum absolute atomic E-state index is 13.0. The maximum Gasteiger partial charge on any atom is 0.252 e. The number of benzene rings is 1. The van der Waals surface area contributed by atoms with Crippen LogP contribution in [0.25, 0.3) is 10.9 Å². The molecule has 1 aromatic carbocycles. The van der Waals surface area contributed by atoms with E-state index in [9.17, 15) is 4.79 Å². The van der Waals surface area contributed by atoms with E-state index in [-0.39, 0.29) is 11.9 Å². The maximum atomic E-state index is 13.0. The lowest BCUT2D eigenvalue weighted by Crippen LogP contribution is -2.27. The highest BCUT2D eigenvalue weighted by Gasteiger charge is 2.21. The number of carbonyl (C=O) groups excluding carboxylic acids is 1. The molecule has 0 saturated heterocycles. The average molecular weight is 350 g/mol. The number of hydrogen-bond donors (Lipinski definition) is 1. The molecule has 0 spiro atoms. The van der Waals surface area contributed by atoms with Crippen LogP contribution in [0.2, 0.25) is 0 Å². The van der Waals surface area contributed by atoms with Crippen molar-refractivity contribution < 1.29 is 4.79 Å². The first-order valence-electron chi connectivity index (χ1n) is 9.05. The standard InChI is InChI=1S/C21H26N4O/c1-7-25-16(6)19(15(5)24-25)14(4)23-21(26)18-11-13(3)22-20-12(2)9-8-10-17(18)20/h8-11,14H,7H2,1-6H3,(H,23,26)/t14-/m1/s1. The molecule has 0 aliphatic heterocycles. The number of aryl methyl sites for hydroxylation is 4. The van der Waals surface area contributed by atoms with E-state index in [2.05, 4.69) is 29.2 Å². The summed E-state index contributed by atoms with van der Waals surface area (Å²) in [6.07, 6.45) is 0. The van der Waals surface area contributed by atoms with Crippen LogP contribution < -0.4 is 5.32 Å². The van der Waals surface area contributed by atoms with Gasteiger partial charge in [-0.3, -0.25) is 14.5 Å². The first-order chi connectivity index (χ1) is 12.3. The van der Waals surface area contributed by atoms with E-state index in [0.717, 1.165) is 45.7 Å². The molecule has 136 valence electrons. The van der Waals surface area contributed by atoms with Crippen molar-refractivity contribution in [3.63, 3.8) is 0 Å². The van der Waals surface area contributed by atoms with E-state index in [0.29, 0.717) is 5.56 Å². The van der Waals surface area contributed by atoms with Gasteiger partial charge in [0.05, 0.1) is 22.8 Å². The van der Waals surface area contributed by atoms with Crippen LogP contribution in [0.15, 0.2) is 24.3 Å². The molecule has 1 N–H and O–H groups in total. The topological polar surface area (TPSA) is 59.8 Å². The van der Waals surface area contributed by atoms with Crippen molar-refractivity contribution in [2.24, 2.45) is 0 Å². The van der Waals surface area contributed by atoms with Crippen molar-refractivity contribution in [2.75, 3.05) is 0 Å². The lowest BCUT2D eigenvalue weighted by atomic mass is 10.0. The van der Waals surface area contributed by atoms with E-state index in [4.69, 9.17) is 0 Å². The van der Waals surface area contributed by atoms with Crippen molar-refractivity contribution in [1.82, 2.24) is 20.1 Å². The third kappa shape index (κ3) is 3.09. The molecule has 0 aliphatic rings. The average Bonchev–Trinajstić information content (AvgIpc) is 2.88. The van der Waals surface area contributed by atoms with Gasteiger partial charge in [-0.2, -0.15) is 5.10 Å². The minimum Gasteiger partial charge on any atom is -0.345 e. The van der Waals surface area contributed by atoms with E-state index < -0.39 is 0 Å². The number of nitrogens with zero attached hydrogens (tertiary/aromatic N) is 3. The number of rotatable bonds is 4. The van der Waals surface area contributed by atoms with Gasteiger partial charge in [0, 0.05) is 28.9 Å². The highest BCUT2D eigenvalue weighted by molar-refractivity contribution is 6.06. The molecule has 2 heterocycles. The Kier molecular flexibility index (Phi) is 4.81. The molecule has 0 saturated carbocycles. The zero-order valence-electron chi connectivity index (χ0n) is 16.3. The van der Waals surface area contributed by atoms with Crippen LogP contribution >= 0.6 is 0 Å². The Labute approximate surface area is 154 Å². The highest BCUT2D eigenvalue weighted by atomic mass is 16.1. The fourth-order valence-corrected chi connectivity index (χ4v) is 3.70. The van der Waals surface area contributed by atoms with Crippen LogP contribution in [0.1, 0.15) is 58.5 Å². The second kappa shape index (κ2) is 6.90. The first-order valence-corrected chi connectivity index (χ1v) is 9.05. The van der Waals surface area contributed by atoms with Crippen LogP contribution in [0.5, 0.6) is 0 Å². The summed E-state index contributed by atoms with van der Waals surface area (Å²) >= 11 is 0. The van der Waals surface area contributed by atoms with Crippen molar-refractivity contribution in [1.29, 1.82) is 0 Å². The number of nitrogens with one attached hydrogen (secondary N) is 1. The second-order valence-corrected chi connectivity index (χ2v) is 6.88. The van der Waals surface area contributed by atoms with E-state index >= 15 is 0 Å². The lowest BCUT2D eigenvalue weighted by Gasteiger charge is -2.16. The van der Waals surface area contributed by atoms with Crippen LogP contribution in [0.4, 0.5) is 0 Å². The van der Waals surface area contributed by atoms with Gasteiger partial charge >= 0.3 is 0 Å². The Morgan fingerprint density at radius 2 is 1.96 bits per heavy atom. The molecular formula is C21H26N4O. The molecular weight excluding hydrogens is 324 g/mol. The number of carbonyl (C=O) groups is 1. The number of hydrogen-bond acceptors (Lipinski definition) is 3. The monoisotopic (exact) mass is 350 g/mol. The largest absolute Gasteiger partial charge is 0.345 e. The molecule has 1 atom stereocenters. The molecule has 1 amide bonds. The van der Waals surface area contributed by atoms with Crippen LogP contribution in [0, 0.1) is 27.7 Å². The minimum atomic E-state index is -0.115. The Hall–Kier alpha value is -2.69. The van der Waals surface area contributed by atoms with E-state index in [1.165, 1.54) is 0 Å². The molecule has 0 bridgehead atoms. The number of para-hydroxylation sites is 1. The quantitative estimate of drug-likeness (QED) is 0.768. The van der Waals surface area contributed by atoms with Crippen LogP contribution in [-0.4, -0.2) is 20.7 Å². The number of pyridine rings is 1. The molecule has 26 heavy (non-hydrogen) atoms. The summed E-state index contributed by atoms with van der Waals surface area (Å²) < 4.78 is 1.97. The van der Waals surface area contributed by atoms with Gasteiger partial charge in [-0.15, -0.1) is 0 Å². The second-order valence-electron chi connectivity index (χ2n) is 6.88. The SMILES string of the molecule is CCn1nc(C)c([C@@H](C)NC(=O)c2cc(C)nc3c(C)cccc23)c1C. The van der Waals surface area contributed by atoms with Gasteiger partial charge in [-0.1, -0.05) is 18.2 Å². The number of fused-ring (bicyclic) bond motifs is 1. The predicted octanol–water partition coefficient (Wildman–Crippen LogP) is 4.18. The van der Waals surface area contributed by atoms with E-state index in [1.54, 1.807) is 0 Å². The molecule has 2 aromatic heterocycles. The smallest absolute Gasteiger partial charge is 0.252 e. The van der Waals surface area contributed by atoms with Crippen LogP contribution in [-0.2, 0) is 6.54 Å². The van der Waals surface area contributed by atoms with Crippen molar-refractivity contribution in [2.45, 2.75) is 54.1 Å². The molecule has 0 aliphatic carbocycles. The van der Waals surface area contributed by atoms with Gasteiger partial charge < -0.3 is 5.32 Å². The van der Waals surface area contributed by atoms with Gasteiger partial charge in [-0.05, 0) is 53.2 Å². The molecule has 5 nitrogen and oxygen atoms in total. The molecule has 0 radical (unpaired) electrons. The van der Waals surface area contributed by atoms with Gasteiger partial charge in [0.25, 0.3) is 5.91 Å². The predicted molar refractivity (Wildman–Crippen MR) is 104 cm³/mol. The Bertz CT molecular complexity index is 987. The third-order valence-electron chi connectivity index (χ3n) is 4.93. The number of amides is 1. The molecule has 3 aromatic rings. The van der Waals surface area contributed by atoms with Crippen molar-refractivity contribution in [3.8, 4) is 0 Å². The Morgan fingerprint density at radius 3 is 2.62 bits per heavy atom. The van der Waals surface area contributed by atoms with Crippen molar-refractivity contribution in [3.05, 3.63) is 58.0 Å². The molecule has 0 unspecified atom stereocenters. The fourth-order valence-electron chi connectivity index (χ4n) is 3.70. The fraction of sp³-hybridized carbons (Fsp3) is 0.381. The summed E-state index contributed by atoms with van der Waals surface area (Å²) in [5, 5.41) is 8.60. The normalized spacial score (nSPS) is 12.4. The van der Waals surface area contributed by atoms with Gasteiger partial charge in [0.1, 0.15) is 0 Å². The molecule has 3 rings (SSSR count). The van der Waals surface area contributed by atoms with Gasteiger partial charge in [0.15, 0.2) is 0 Å². The Morgan fingerprint density at radius 1 is 1.23 bits per heavy atom. The first kappa shape index (κ1) is 18.1. The lowest BCUT2D eigenvalue weighted by molar-refractivity contribution is 0.0941. The third-order valence-corrected chi connectivity index (χ3v) is 4.93. The summed E-state index contributed by atoms with van der Waals surface area (Å²) in [6.45, 7) is 12.9. The molecule has 0 fully saturated rings. The summed E-state index contributed by atoms with van der Waals surface area (Å²) in [5.41, 5.74) is 6.62. The zero-order chi connectivity index (χ0) is 19.0. The molecule has 5 heteroatoms. The summed E-state index contributed by atoms with van der Waals surface area (Å²) in [4.78, 5) is 17.6.